The van der Waals surface area contributed by atoms with Crippen LogP contribution in [0.1, 0.15) is 40.4 Å². The molecule has 6 heteroatoms. The van der Waals surface area contributed by atoms with Crippen molar-refractivity contribution in [3.05, 3.63) is 81.2 Å². The predicted molar refractivity (Wildman–Crippen MR) is 83.0 cm³/mol. The van der Waals surface area contributed by atoms with Gasteiger partial charge in [-0.05, 0) is 36.6 Å². The summed E-state index contributed by atoms with van der Waals surface area (Å²) in [7, 11) is 0. The third kappa shape index (κ3) is 4.14. The highest BCUT2D eigenvalue weighted by Gasteiger charge is 2.19. The van der Waals surface area contributed by atoms with E-state index < -0.39 is 29.0 Å². The van der Waals surface area contributed by atoms with E-state index in [-0.39, 0.29) is 12.8 Å². The smallest absolute Gasteiger partial charge is 0.168 e. The van der Waals surface area contributed by atoms with Gasteiger partial charge in [-0.25, -0.2) is 8.78 Å². The standard InChI is InChI=1S/C17H15F2N3O/c1-11-5-7-12(8-6-11)15(21-22-20)9-10-16(23)17-13(18)3-2-4-14(17)19/h2-8,15H,9-10H2,1H3. The van der Waals surface area contributed by atoms with Crippen LogP contribution in [-0.4, -0.2) is 5.78 Å². The molecule has 0 spiro atoms. The van der Waals surface area contributed by atoms with Crippen molar-refractivity contribution in [1.82, 2.24) is 0 Å². The largest absolute Gasteiger partial charge is 0.294 e. The molecule has 0 saturated carbocycles. The summed E-state index contributed by atoms with van der Waals surface area (Å²) in [5, 5.41) is 3.68. The molecule has 0 N–H and O–H groups in total. The maximum absolute atomic E-state index is 13.6. The summed E-state index contributed by atoms with van der Waals surface area (Å²) in [4.78, 5) is 14.9. The zero-order valence-corrected chi connectivity index (χ0v) is 12.5. The van der Waals surface area contributed by atoms with Crippen LogP contribution in [0.2, 0.25) is 0 Å². The van der Waals surface area contributed by atoms with Gasteiger partial charge >= 0.3 is 0 Å². The average molecular weight is 315 g/mol. The number of carbonyl (C=O) groups is 1. The number of benzene rings is 2. The van der Waals surface area contributed by atoms with Crippen molar-refractivity contribution in [3.8, 4) is 0 Å². The Kier molecular flexibility index (Phi) is 5.44. The van der Waals surface area contributed by atoms with Gasteiger partial charge in [-0.2, -0.15) is 0 Å². The van der Waals surface area contributed by atoms with E-state index in [1.165, 1.54) is 6.07 Å². The number of carbonyl (C=O) groups excluding carboxylic acids is 1. The number of aryl methyl sites for hydroxylation is 1. The fraction of sp³-hybridized carbons (Fsp3) is 0.235. The van der Waals surface area contributed by atoms with Crippen molar-refractivity contribution in [3.63, 3.8) is 0 Å². The van der Waals surface area contributed by atoms with Gasteiger partial charge in [0, 0.05) is 11.3 Å². The first-order chi connectivity index (χ1) is 11.0. The summed E-state index contributed by atoms with van der Waals surface area (Å²) in [5.74, 6) is -2.41. The average Bonchev–Trinajstić information content (AvgIpc) is 2.52. The van der Waals surface area contributed by atoms with Crippen LogP contribution in [0.15, 0.2) is 47.6 Å². The minimum atomic E-state index is -0.884. The Hall–Kier alpha value is -2.72. The third-order valence-corrected chi connectivity index (χ3v) is 3.54. The maximum atomic E-state index is 13.6. The summed E-state index contributed by atoms with van der Waals surface area (Å²) in [6.45, 7) is 1.93. The van der Waals surface area contributed by atoms with Gasteiger partial charge in [-0.1, -0.05) is 41.0 Å². The van der Waals surface area contributed by atoms with Gasteiger partial charge in [0.1, 0.15) is 11.6 Å². The Morgan fingerprint density at radius 3 is 2.35 bits per heavy atom. The first-order valence-electron chi connectivity index (χ1n) is 7.11. The van der Waals surface area contributed by atoms with E-state index in [0.29, 0.717) is 0 Å². The molecule has 0 amide bonds. The van der Waals surface area contributed by atoms with Gasteiger partial charge in [0.2, 0.25) is 0 Å². The molecule has 0 saturated heterocycles. The Balaban J connectivity index is 2.14. The second-order valence-electron chi connectivity index (χ2n) is 5.19. The highest BCUT2D eigenvalue weighted by atomic mass is 19.1. The molecule has 118 valence electrons. The van der Waals surface area contributed by atoms with Crippen LogP contribution < -0.4 is 0 Å². The van der Waals surface area contributed by atoms with Gasteiger partial charge in [-0.3, -0.25) is 4.79 Å². The van der Waals surface area contributed by atoms with Gasteiger partial charge in [0.15, 0.2) is 5.78 Å². The van der Waals surface area contributed by atoms with Crippen LogP contribution in [0, 0.1) is 18.6 Å². The molecule has 1 atom stereocenters. The van der Waals surface area contributed by atoms with Gasteiger partial charge < -0.3 is 0 Å². The molecule has 23 heavy (non-hydrogen) atoms. The number of halogens is 2. The molecular formula is C17H15F2N3O. The van der Waals surface area contributed by atoms with Crippen LogP contribution >= 0.6 is 0 Å². The van der Waals surface area contributed by atoms with Crippen molar-refractivity contribution in [1.29, 1.82) is 0 Å². The molecular weight excluding hydrogens is 300 g/mol. The predicted octanol–water partition coefficient (Wildman–Crippen LogP) is 5.29. The van der Waals surface area contributed by atoms with Crippen molar-refractivity contribution < 1.29 is 13.6 Å². The topological polar surface area (TPSA) is 65.8 Å². The Morgan fingerprint density at radius 1 is 1.17 bits per heavy atom. The van der Waals surface area contributed by atoms with E-state index in [0.717, 1.165) is 23.3 Å². The van der Waals surface area contributed by atoms with E-state index in [2.05, 4.69) is 10.0 Å². The van der Waals surface area contributed by atoms with E-state index in [9.17, 15) is 13.6 Å². The van der Waals surface area contributed by atoms with Crippen LogP contribution in [0.3, 0.4) is 0 Å². The Morgan fingerprint density at radius 2 is 1.78 bits per heavy atom. The zero-order valence-electron chi connectivity index (χ0n) is 12.5. The summed E-state index contributed by atoms with van der Waals surface area (Å²) in [6.07, 6.45) is 0.0646. The highest BCUT2D eigenvalue weighted by Crippen LogP contribution is 2.25. The highest BCUT2D eigenvalue weighted by molar-refractivity contribution is 5.96. The number of Topliss-reactive ketones (excluding diaryl/α,β-unsaturated/α-hetero) is 1. The van der Waals surface area contributed by atoms with Crippen molar-refractivity contribution in [2.45, 2.75) is 25.8 Å². The van der Waals surface area contributed by atoms with Crippen molar-refractivity contribution >= 4 is 5.78 Å². The molecule has 0 fully saturated rings. The summed E-state index contributed by atoms with van der Waals surface area (Å²) in [6, 6.07) is 10.1. The number of nitrogens with zero attached hydrogens (tertiary/aromatic N) is 3. The van der Waals surface area contributed by atoms with Crippen LogP contribution in [0.5, 0.6) is 0 Å². The molecule has 0 aliphatic carbocycles. The number of rotatable bonds is 6. The minimum Gasteiger partial charge on any atom is -0.294 e. The molecule has 2 aromatic carbocycles. The van der Waals surface area contributed by atoms with Crippen LogP contribution in [0.25, 0.3) is 10.4 Å². The molecule has 0 radical (unpaired) electrons. The van der Waals surface area contributed by atoms with Crippen molar-refractivity contribution in [2.24, 2.45) is 5.11 Å². The Labute approximate surface area is 132 Å². The number of hydrogen-bond donors (Lipinski definition) is 0. The third-order valence-electron chi connectivity index (χ3n) is 3.54. The lowest BCUT2D eigenvalue weighted by atomic mass is 9.98. The SMILES string of the molecule is Cc1ccc(C(CCC(=O)c2c(F)cccc2F)N=[N+]=[N-])cc1. The number of hydrogen-bond acceptors (Lipinski definition) is 2. The molecule has 0 aromatic heterocycles. The maximum Gasteiger partial charge on any atom is 0.168 e. The van der Waals surface area contributed by atoms with E-state index in [1.54, 1.807) is 0 Å². The first-order valence-corrected chi connectivity index (χ1v) is 7.11. The second-order valence-corrected chi connectivity index (χ2v) is 5.19. The molecule has 0 aliphatic rings. The summed E-state index contributed by atoms with van der Waals surface area (Å²) in [5.41, 5.74) is 9.94. The molecule has 2 rings (SSSR count). The quantitative estimate of drug-likeness (QED) is 0.309. The molecule has 0 aliphatic heterocycles. The Bertz CT molecular complexity index is 733. The first kappa shape index (κ1) is 16.6. The normalized spacial score (nSPS) is 11.6. The molecule has 0 heterocycles. The van der Waals surface area contributed by atoms with Gasteiger partial charge in [-0.15, -0.1) is 0 Å². The lowest BCUT2D eigenvalue weighted by Gasteiger charge is -2.12. The fourth-order valence-corrected chi connectivity index (χ4v) is 2.30. The lowest BCUT2D eigenvalue weighted by molar-refractivity contribution is 0.0969. The molecule has 1 unspecified atom stereocenters. The van der Waals surface area contributed by atoms with E-state index in [1.807, 2.05) is 31.2 Å². The minimum absolute atomic E-state index is 0.116. The fourth-order valence-electron chi connectivity index (χ4n) is 2.30. The van der Waals surface area contributed by atoms with Crippen LogP contribution in [-0.2, 0) is 0 Å². The van der Waals surface area contributed by atoms with E-state index >= 15 is 0 Å². The summed E-state index contributed by atoms with van der Waals surface area (Å²) < 4.78 is 27.2. The van der Waals surface area contributed by atoms with E-state index in [4.69, 9.17) is 5.53 Å². The molecule has 4 nitrogen and oxygen atoms in total. The molecule has 2 aromatic rings. The zero-order chi connectivity index (χ0) is 16.8. The van der Waals surface area contributed by atoms with Crippen molar-refractivity contribution in [2.75, 3.05) is 0 Å². The van der Waals surface area contributed by atoms with Crippen LogP contribution in [0.4, 0.5) is 8.78 Å². The molecule has 0 bridgehead atoms. The number of ketones is 1. The van der Waals surface area contributed by atoms with Gasteiger partial charge in [0.25, 0.3) is 0 Å². The second kappa shape index (κ2) is 7.51. The van der Waals surface area contributed by atoms with Gasteiger partial charge in [0.05, 0.1) is 11.6 Å². The summed E-state index contributed by atoms with van der Waals surface area (Å²) >= 11 is 0. The lowest BCUT2D eigenvalue weighted by Crippen LogP contribution is -2.07. The number of azide groups is 1. The monoisotopic (exact) mass is 315 g/mol.